The van der Waals surface area contributed by atoms with E-state index in [1.54, 1.807) is 6.20 Å². The molecular formula is C14H25ClN4O2S. The van der Waals surface area contributed by atoms with Crippen LogP contribution >= 0.6 is 12.4 Å². The van der Waals surface area contributed by atoms with Crippen molar-refractivity contribution in [1.82, 2.24) is 19.6 Å². The highest BCUT2D eigenvalue weighted by atomic mass is 35.5. The number of sulfonamides is 1. The molecule has 0 amide bonds. The summed E-state index contributed by atoms with van der Waals surface area (Å²) in [5.74, 6) is 1.25. The Bertz CT molecular complexity index is 572. The van der Waals surface area contributed by atoms with Crippen LogP contribution in [0.1, 0.15) is 38.4 Å². The second kappa shape index (κ2) is 7.29. The average molecular weight is 349 g/mol. The molecule has 1 aromatic rings. The van der Waals surface area contributed by atoms with E-state index >= 15 is 0 Å². The Labute approximate surface area is 138 Å². The van der Waals surface area contributed by atoms with Crippen molar-refractivity contribution < 1.29 is 8.42 Å². The van der Waals surface area contributed by atoms with Gasteiger partial charge in [-0.3, -0.25) is 0 Å². The summed E-state index contributed by atoms with van der Waals surface area (Å²) in [5.41, 5.74) is 0. The third-order valence-electron chi connectivity index (χ3n) is 4.54. The van der Waals surface area contributed by atoms with Gasteiger partial charge in [0.15, 0.2) is 5.03 Å². The number of halogens is 1. The average Bonchev–Trinajstić information content (AvgIpc) is 2.92. The van der Waals surface area contributed by atoms with E-state index in [-0.39, 0.29) is 23.5 Å². The predicted molar refractivity (Wildman–Crippen MR) is 87.8 cm³/mol. The van der Waals surface area contributed by atoms with E-state index < -0.39 is 10.0 Å². The van der Waals surface area contributed by atoms with Gasteiger partial charge in [-0.1, -0.05) is 0 Å². The number of nitrogens with zero attached hydrogens (tertiary/aromatic N) is 2. The zero-order valence-corrected chi connectivity index (χ0v) is 14.5. The van der Waals surface area contributed by atoms with Gasteiger partial charge < -0.3 is 9.88 Å². The first-order chi connectivity index (χ1) is 10.1. The second-order valence-corrected chi connectivity index (χ2v) is 7.82. The Morgan fingerprint density at radius 1 is 1.41 bits per heavy atom. The van der Waals surface area contributed by atoms with E-state index in [0.29, 0.717) is 5.92 Å². The predicted octanol–water partition coefficient (Wildman–Crippen LogP) is 1.31. The van der Waals surface area contributed by atoms with Crippen molar-refractivity contribution in [3.05, 3.63) is 12.0 Å². The number of hydrogen-bond donors (Lipinski definition) is 2. The molecule has 6 nitrogen and oxygen atoms in total. The Kier molecular flexibility index (Phi) is 5.87. The first-order valence-corrected chi connectivity index (χ1v) is 9.34. The maximum Gasteiger partial charge on any atom is 0.259 e. The molecule has 2 atom stereocenters. The molecule has 0 aromatic carbocycles. The van der Waals surface area contributed by atoms with Gasteiger partial charge in [0.1, 0.15) is 5.82 Å². The van der Waals surface area contributed by atoms with Crippen LogP contribution in [-0.4, -0.2) is 37.1 Å². The van der Waals surface area contributed by atoms with Gasteiger partial charge in [-0.2, -0.15) is 0 Å². The van der Waals surface area contributed by atoms with E-state index in [9.17, 15) is 8.42 Å². The fourth-order valence-electron chi connectivity index (χ4n) is 3.22. The first kappa shape index (κ1) is 17.7. The fourth-order valence-corrected chi connectivity index (χ4v) is 4.52. The fraction of sp³-hybridized carbons (Fsp3) is 0.786. The summed E-state index contributed by atoms with van der Waals surface area (Å²) in [7, 11) is -3.51. The topological polar surface area (TPSA) is 76.0 Å². The van der Waals surface area contributed by atoms with E-state index in [2.05, 4.69) is 15.0 Å². The summed E-state index contributed by atoms with van der Waals surface area (Å²) in [6, 6.07) is -0.0680. The minimum Gasteiger partial charge on any atom is -0.333 e. The number of imidazole rings is 1. The maximum atomic E-state index is 12.5. The minimum absolute atomic E-state index is 0. The molecule has 2 aliphatic heterocycles. The summed E-state index contributed by atoms with van der Waals surface area (Å²) in [6.45, 7) is 4.73. The summed E-state index contributed by atoms with van der Waals surface area (Å²) < 4.78 is 29.8. The van der Waals surface area contributed by atoms with Crippen molar-refractivity contribution in [3.63, 3.8) is 0 Å². The van der Waals surface area contributed by atoms with Crippen LogP contribution in [0.2, 0.25) is 0 Å². The second-order valence-electron chi connectivity index (χ2n) is 6.16. The van der Waals surface area contributed by atoms with Gasteiger partial charge in [-0.25, -0.2) is 18.1 Å². The molecule has 2 N–H and O–H groups in total. The van der Waals surface area contributed by atoms with Crippen molar-refractivity contribution in [2.24, 2.45) is 5.92 Å². The Morgan fingerprint density at radius 3 is 2.91 bits per heavy atom. The molecule has 22 heavy (non-hydrogen) atoms. The van der Waals surface area contributed by atoms with Crippen molar-refractivity contribution in [2.45, 2.75) is 56.6 Å². The highest BCUT2D eigenvalue weighted by molar-refractivity contribution is 7.89. The molecule has 0 spiro atoms. The number of nitrogens with one attached hydrogen (secondary N) is 2. The molecule has 126 valence electrons. The van der Waals surface area contributed by atoms with Gasteiger partial charge in [0.05, 0.1) is 0 Å². The lowest BCUT2D eigenvalue weighted by molar-refractivity contribution is 0.320. The van der Waals surface area contributed by atoms with Crippen LogP contribution < -0.4 is 10.0 Å². The van der Waals surface area contributed by atoms with Crippen LogP contribution in [-0.2, 0) is 23.0 Å². The molecule has 0 radical (unpaired) electrons. The van der Waals surface area contributed by atoms with Crippen molar-refractivity contribution in [3.8, 4) is 0 Å². The highest BCUT2D eigenvalue weighted by Crippen LogP contribution is 2.19. The Hall–Kier alpha value is -0.630. The standard InChI is InChI=1S/C14H24N4O2S.ClH/c1-11(12-5-4-7-15-9-12)17-21(19,20)14-10-18-8-3-2-6-13(18)16-14;/h10-12,15,17H,2-9H2,1H3;1H. The van der Waals surface area contributed by atoms with Crippen LogP contribution in [0.4, 0.5) is 0 Å². The number of fused-ring (bicyclic) bond motifs is 1. The normalized spacial score (nSPS) is 23.4. The molecule has 0 aliphatic carbocycles. The zero-order chi connectivity index (χ0) is 14.9. The Morgan fingerprint density at radius 2 is 2.23 bits per heavy atom. The number of aromatic nitrogens is 2. The van der Waals surface area contributed by atoms with Crippen molar-refractivity contribution >= 4 is 22.4 Å². The molecule has 0 bridgehead atoms. The van der Waals surface area contributed by atoms with Crippen molar-refractivity contribution in [1.29, 1.82) is 0 Å². The quantitative estimate of drug-likeness (QED) is 0.860. The van der Waals surface area contributed by atoms with Gasteiger partial charge in [-0.05, 0) is 51.6 Å². The van der Waals surface area contributed by atoms with Gasteiger partial charge >= 0.3 is 0 Å². The molecule has 3 heterocycles. The van der Waals surface area contributed by atoms with E-state index in [4.69, 9.17) is 0 Å². The number of hydrogen-bond acceptors (Lipinski definition) is 4. The lowest BCUT2D eigenvalue weighted by Gasteiger charge is -2.28. The molecule has 1 saturated heterocycles. The van der Waals surface area contributed by atoms with Crippen LogP contribution in [0.25, 0.3) is 0 Å². The maximum absolute atomic E-state index is 12.5. The zero-order valence-electron chi connectivity index (χ0n) is 12.9. The third-order valence-corrected chi connectivity index (χ3v) is 5.97. The molecule has 8 heteroatoms. The van der Waals surface area contributed by atoms with E-state index in [0.717, 1.165) is 57.6 Å². The molecule has 1 fully saturated rings. The first-order valence-electron chi connectivity index (χ1n) is 7.85. The van der Waals surface area contributed by atoms with Crippen LogP contribution in [0.5, 0.6) is 0 Å². The van der Waals surface area contributed by atoms with Crippen LogP contribution in [0.3, 0.4) is 0 Å². The molecule has 1 aromatic heterocycles. The lowest BCUT2D eigenvalue weighted by atomic mass is 9.94. The molecule has 0 saturated carbocycles. The van der Waals surface area contributed by atoms with E-state index in [1.807, 2.05) is 11.5 Å². The lowest BCUT2D eigenvalue weighted by Crippen LogP contribution is -2.44. The SMILES string of the molecule is CC(NS(=O)(=O)c1cn2c(n1)CCCC2)C1CCCNC1.Cl. The summed E-state index contributed by atoms with van der Waals surface area (Å²) in [5, 5.41) is 3.50. The third kappa shape index (κ3) is 3.82. The van der Waals surface area contributed by atoms with Gasteiger partial charge in [0, 0.05) is 25.2 Å². The monoisotopic (exact) mass is 348 g/mol. The summed E-state index contributed by atoms with van der Waals surface area (Å²) >= 11 is 0. The Balaban J connectivity index is 0.00000176. The van der Waals surface area contributed by atoms with Crippen LogP contribution in [0, 0.1) is 5.92 Å². The summed E-state index contributed by atoms with van der Waals surface area (Å²) in [4.78, 5) is 4.32. The highest BCUT2D eigenvalue weighted by Gasteiger charge is 2.27. The van der Waals surface area contributed by atoms with Gasteiger partial charge in [0.2, 0.25) is 0 Å². The summed E-state index contributed by atoms with van der Waals surface area (Å²) in [6.07, 6.45) is 6.92. The molecule has 2 aliphatic rings. The van der Waals surface area contributed by atoms with Crippen molar-refractivity contribution in [2.75, 3.05) is 13.1 Å². The van der Waals surface area contributed by atoms with Gasteiger partial charge in [0.25, 0.3) is 10.0 Å². The number of aryl methyl sites for hydroxylation is 2. The van der Waals surface area contributed by atoms with Gasteiger partial charge in [-0.15, -0.1) is 12.4 Å². The molecule has 2 unspecified atom stereocenters. The minimum atomic E-state index is -3.51. The molecular weight excluding hydrogens is 324 g/mol. The number of piperidine rings is 1. The van der Waals surface area contributed by atoms with Crippen LogP contribution in [0.15, 0.2) is 11.2 Å². The largest absolute Gasteiger partial charge is 0.333 e. The van der Waals surface area contributed by atoms with E-state index in [1.165, 1.54) is 0 Å². The smallest absolute Gasteiger partial charge is 0.259 e. The molecule has 3 rings (SSSR count). The number of rotatable bonds is 4.